The number of amides is 1. The molecule has 31 heavy (non-hydrogen) atoms. The number of fused-ring (bicyclic) bond motifs is 1. The number of thiazole rings is 1. The number of hydrogen-bond acceptors (Lipinski definition) is 6. The van der Waals surface area contributed by atoms with E-state index < -0.39 is 0 Å². The Balaban J connectivity index is 1.78. The minimum atomic E-state index is -0.184. The van der Waals surface area contributed by atoms with Crippen LogP contribution in [0.25, 0.3) is 10.2 Å². The zero-order valence-corrected chi connectivity index (χ0v) is 20.0. The number of hydrazone groups is 1. The molecule has 2 N–H and O–H groups in total. The zero-order chi connectivity index (χ0) is 22.7. The van der Waals surface area contributed by atoms with Crippen LogP contribution in [0.4, 0.5) is 10.8 Å². The van der Waals surface area contributed by atoms with Crippen LogP contribution in [0.3, 0.4) is 0 Å². The largest absolute Gasteiger partial charge is 0.483 e. The second kappa shape index (κ2) is 9.47. The summed E-state index contributed by atoms with van der Waals surface area (Å²) < 4.78 is 6.91. The lowest BCUT2D eigenvalue weighted by Crippen LogP contribution is -2.21. The quantitative estimate of drug-likeness (QED) is 0.342. The summed E-state index contributed by atoms with van der Waals surface area (Å²) in [6.45, 7) is 14.0. The van der Waals surface area contributed by atoms with E-state index >= 15 is 0 Å². The van der Waals surface area contributed by atoms with Crippen molar-refractivity contribution in [2.24, 2.45) is 5.10 Å². The van der Waals surface area contributed by atoms with Crippen molar-refractivity contribution in [2.75, 3.05) is 17.3 Å². The third-order valence-corrected chi connectivity index (χ3v) is 6.00. The van der Waals surface area contributed by atoms with Gasteiger partial charge in [-0.1, -0.05) is 37.3 Å². The highest BCUT2D eigenvalue weighted by atomic mass is 32.1. The molecule has 0 saturated heterocycles. The van der Waals surface area contributed by atoms with Crippen LogP contribution in [-0.2, 0) is 4.79 Å². The van der Waals surface area contributed by atoms with Gasteiger partial charge in [0.2, 0.25) is 5.13 Å². The number of nitrogens with zero attached hydrogens (tertiary/aromatic N) is 2. The highest BCUT2D eigenvalue weighted by Gasteiger charge is 2.16. The number of carbonyl (C=O) groups is 1. The first-order valence-corrected chi connectivity index (χ1v) is 11.2. The molecule has 6 nitrogen and oxygen atoms in total. The van der Waals surface area contributed by atoms with Crippen LogP contribution < -0.4 is 15.5 Å². The van der Waals surface area contributed by atoms with Gasteiger partial charge in [0.1, 0.15) is 5.75 Å². The van der Waals surface area contributed by atoms with E-state index in [1.807, 2.05) is 46.8 Å². The number of hydrogen-bond donors (Lipinski definition) is 2. The van der Waals surface area contributed by atoms with E-state index in [1.54, 1.807) is 0 Å². The molecule has 0 spiro atoms. The highest BCUT2D eigenvalue weighted by molar-refractivity contribution is 7.22. The lowest BCUT2D eigenvalue weighted by molar-refractivity contribution is -0.118. The molecule has 1 aromatic heterocycles. The summed E-state index contributed by atoms with van der Waals surface area (Å²) in [6.07, 6.45) is 0. The molecule has 0 fully saturated rings. The van der Waals surface area contributed by atoms with Gasteiger partial charge >= 0.3 is 0 Å². The Hall–Kier alpha value is -2.93. The maximum Gasteiger partial charge on any atom is 0.262 e. The summed E-state index contributed by atoms with van der Waals surface area (Å²) in [7, 11) is 0. The van der Waals surface area contributed by atoms with Gasteiger partial charge in [-0.15, -0.1) is 0 Å². The lowest BCUT2D eigenvalue weighted by atomic mass is 10.0. The van der Waals surface area contributed by atoms with Crippen LogP contribution in [0, 0.1) is 20.8 Å². The maximum absolute atomic E-state index is 12.7. The molecular weight excluding hydrogens is 408 g/mol. The van der Waals surface area contributed by atoms with Gasteiger partial charge in [0.25, 0.3) is 5.91 Å². The first kappa shape index (κ1) is 22.7. The Bertz CT molecular complexity index is 1140. The van der Waals surface area contributed by atoms with Crippen molar-refractivity contribution < 1.29 is 9.53 Å². The Kier molecular flexibility index (Phi) is 6.95. The first-order valence-electron chi connectivity index (χ1n) is 10.4. The lowest BCUT2D eigenvalue weighted by Gasteiger charge is -2.16. The third-order valence-electron chi connectivity index (χ3n) is 4.91. The molecule has 1 amide bonds. The van der Waals surface area contributed by atoms with Crippen molar-refractivity contribution in [1.82, 2.24) is 4.98 Å². The molecule has 164 valence electrons. The minimum Gasteiger partial charge on any atom is -0.483 e. The molecule has 0 saturated carbocycles. The number of aromatic nitrogens is 1. The van der Waals surface area contributed by atoms with Crippen LogP contribution in [0.5, 0.6) is 5.75 Å². The molecule has 3 aromatic rings. The van der Waals surface area contributed by atoms with E-state index in [0.717, 1.165) is 54.8 Å². The fraction of sp³-hybridized carbons (Fsp3) is 0.375. The van der Waals surface area contributed by atoms with Gasteiger partial charge in [-0.3, -0.25) is 10.2 Å². The van der Waals surface area contributed by atoms with E-state index in [0.29, 0.717) is 5.92 Å². The van der Waals surface area contributed by atoms with Crippen LogP contribution in [0.2, 0.25) is 0 Å². The fourth-order valence-corrected chi connectivity index (χ4v) is 4.24. The smallest absolute Gasteiger partial charge is 0.262 e. The molecule has 0 atom stereocenters. The number of nitrogens with one attached hydrogen (secondary N) is 2. The van der Waals surface area contributed by atoms with Crippen molar-refractivity contribution in [3.63, 3.8) is 0 Å². The summed E-state index contributed by atoms with van der Waals surface area (Å²) >= 11 is 1.52. The van der Waals surface area contributed by atoms with E-state index in [1.165, 1.54) is 11.3 Å². The first-order chi connectivity index (χ1) is 14.7. The predicted octanol–water partition coefficient (Wildman–Crippen LogP) is 6.17. The molecule has 1 heterocycles. The van der Waals surface area contributed by atoms with Crippen molar-refractivity contribution in [3.05, 3.63) is 46.5 Å². The zero-order valence-electron chi connectivity index (χ0n) is 19.2. The predicted molar refractivity (Wildman–Crippen MR) is 131 cm³/mol. The summed E-state index contributed by atoms with van der Waals surface area (Å²) in [6, 6.07) is 8.10. The summed E-state index contributed by atoms with van der Waals surface area (Å²) in [5.41, 5.74) is 9.76. The summed E-state index contributed by atoms with van der Waals surface area (Å²) in [5.74, 6) is 0.898. The molecule has 0 bridgehead atoms. The monoisotopic (exact) mass is 438 g/mol. The molecule has 0 aliphatic heterocycles. The topological polar surface area (TPSA) is 75.6 Å². The molecule has 3 rings (SSSR count). The molecule has 2 aromatic carbocycles. The Labute approximate surface area is 187 Å². The maximum atomic E-state index is 12.7. The number of rotatable bonds is 7. The minimum absolute atomic E-state index is 0.0416. The molecule has 0 aliphatic carbocycles. The van der Waals surface area contributed by atoms with Crippen LogP contribution in [0.15, 0.2) is 29.4 Å². The number of carbonyl (C=O) groups excluding carboxylic acids is 1. The van der Waals surface area contributed by atoms with E-state index in [2.05, 4.69) is 46.8 Å². The van der Waals surface area contributed by atoms with Crippen molar-refractivity contribution in [1.29, 1.82) is 0 Å². The highest BCUT2D eigenvalue weighted by Crippen LogP contribution is 2.35. The third kappa shape index (κ3) is 5.41. The van der Waals surface area contributed by atoms with Crippen molar-refractivity contribution in [3.8, 4) is 5.75 Å². The number of aryl methyl sites for hydroxylation is 3. The molecule has 7 heteroatoms. The van der Waals surface area contributed by atoms with Crippen LogP contribution in [-0.4, -0.2) is 23.2 Å². The van der Waals surface area contributed by atoms with Gasteiger partial charge < -0.3 is 10.1 Å². The average Bonchev–Trinajstić information content (AvgIpc) is 3.10. The Morgan fingerprint density at radius 3 is 2.61 bits per heavy atom. The number of anilines is 2. The average molecular weight is 439 g/mol. The summed E-state index contributed by atoms with van der Waals surface area (Å²) in [5, 5.41) is 7.98. The van der Waals surface area contributed by atoms with E-state index in [4.69, 9.17) is 4.74 Å². The fourth-order valence-electron chi connectivity index (χ4n) is 3.35. The van der Waals surface area contributed by atoms with Gasteiger partial charge in [0.05, 0.1) is 10.2 Å². The summed E-state index contributed by atoms with van der Waals surface area (Å²) in [4.78, 5) is 17.3. The van der Waals surface area contributed by atoms with Crippen molar-refractivity contribution in [2.45, 2.75) is 54.4 Å². The van der Waals surface area contributed by atoms with Crippen LogP contribution >= 0.6 is 11.3 Å². The number of ether oxygens (including phenoxy) is 1. The molecular formula is C24H30N4O2S. The second-order valence-corrected chi connectivity index (χ2v) is 9.26. The van der Waals surface area contributed by atoms with Crippen molar-refractivity contribution >= 4 is 44.0 Å². The Morgan fingerprint density at radius 1 is 1.19 bits per heavy atom. The van der Waals surface area contributed by atoms with Gasteiger partial charge in [0, 0.05) is 11.4 Å². The van der Waals surface area contributed by atoms with Crippen LogP contribution in [0.1, 0.15) is 55.9 Å². The van der Waals surface area contributed by atoms with Gasteiger partial charge in [-0.25, -0.2) is 4.98 Å². The molecule has 0 unspecified atom stereocenters. The van der Waals surface area contributed by atoms with Gasteiger partial charge in [-0.05, 0) is 74.9 Å². The second-order valence-electron chi connectivity index (χ2n) is 8.26. The standard InChI is InChI=1S/C24H30N4O2S/c1-13(2)18-9-8-15(5)10-20(18)30-12-21(29)26-22-16(6)11-19-23(17(22)7)31-24(25-19)28-27-14(3)4/h8-11,13H,12H2,1-7H3,(H,25,28)(H,26,29). The van der Waals surface area contributed by atoms with E-state index in [9.17, 15) is 4.79 Å². The number of benzene rings is 2. The molecule has 0 aliphatic rings. The normalized spacial score (nSPS) is 11.0. The molecule has 0 radical (unpaired) electrons. The Morgan fingerprint density at radius 2 is 1.94 bits per heavy atom. The van der Waals surface area contributed by atoms with Gasteiger partial charge in [-0.2, -0.15) is 5.10 Å². The van der Waals surface area contributed by atoms with E-state index in [-0.39, 0.29) is 12.5 Å². The SMILES string of the molecule is CC(C)=NNc1nc2cc(C)c(NC(=O)COc3cc(C)ccc3C(C)C)c(C)c2s1. The van der Waals surface area contributed by atoms with Gasteiger partial charge in [0.15, 0.2) is 6.61 Å².